The fourth-order valence-corrected chi connectivity index (χ4v) is 3.08. The second kappa shape index (κ2) is 9.40. The third kappa shape index (κ3) is 5.26. The average Bonchev–Trinajstić information content (AvgIpc) is 3.28. The lowest BCUT2D eigenvalue weighted by molar-refractivity contribution is 0.236. The summed E-state index contributed by atoms with van der Waals surface area (Å²) in [6.07, 6.45) is 0. The monoisotopic (exact) mass is 436 g/mol. The molecule has 31 heavy (non-hydrogen) atoms. The Balaban J connectivity index is 1.53. The summed E-state index contributed by atoms with van der Waals surface area (Å²) < 4.78 is 18.9. The minimum atomic E-state index is -0.685. The Bertz CT molecular complexity index is 1150. The molecule has 6 nitrogen and oxygen atoms in total. The third-order valence-corrected chi connectivity index (χ3v) is 4.81. The summed E-state index contributed by atoms with van der Waals surface area (Å²) in [4.78, 5) is 12.6. The van der Waals surface area contributed by atoms with Gasteiger partial charge in [-0.1, -0.05) is 54.1 Å². The highest BCUT2D eigenvalue weighted by molar-refractivity contribution is 6.30. The quantitative estimate of drug-likeness (QED) is 0.439. The van der Waals surface area contributed by atoms with Crippen LogP contribution in [0.15, 0.2) is 83.3 Å². The molecule has 3 aromatic carbocycles. The van der Waals surface area contributed by atoms with Gasteiger partial charge in [0.1, 0.15) is 11.9 Å². The van der Waals surface area contributed by atoms with E-state index in [9.17, 15) is 9.18 Å². The molecule has 0 bridgehead atoms. The molecule has 0 radical (unpaired) electrons. The van der Waals surface area contributed by atoms with Gasteiger partial charge in [0.15, 0.2) is 0 Å². The van der Waals surface area contributed by atoms with Gasteiger partial charge in [-0.3, -0.25) is 0 Å². The molecule has 0 aliphatic heterocycles. The van der Waals surface area contributed by atoms with Gasteiger partial charge in [0.25, 0.3) is 0 Å². The van der Waals surface area contributed by atoms with Crippen molar-refractivity contribution in [3.63, 3.8) is 0 Å². The largest absolute Gasteiger partial charge is 0.418 e. The lowest BCUT2D eigenvalue weighted by Crippen LogP contribution is -2.38. The molecule has 8 heteroatoms. The van der Waals surface area contributed by atoms with Crippen LogP contribution in [0, 0.1) is 5.82 Å². The fourth-order valence-electron chi connectivity index (χ4n) is 2.96. The maximum atomic E-state index is 13.1. The molecule has 1 heterocycles. The van der Waals surface area contributed by atoms with Gasteiger partial charge >= 0.3 is 6.03 Å². The fraction of sp³-hybridized carbons (Fsp3) is 0.0870. The van der Waals surface area contributed by atoms with Crippen molar-refractivity contribution in [2.45, 2.75) is 12.6 Å². The molecule has 0 spiro atoms. The van der Waals surface area contributed by atoms with Crippen LogP contribution in [0.3, 0.4) is 0 Å². The Kier molecular flexibility index (Phi) is 6.24. The topological polar surface area (TPSA) is 80.0 Å². The van der Waals surface area contributed by atoms with Crippen LogP contribution in [0.5, 0.6) is 0 Å². The van der Waals surface area contributed by atoms with Gasteiger partial charge < -0.3 is 15.1 Å². The molecule has 0 aliphatic rings. The molecule has 4 rings (SSSR count). The Hall–Kier alpha value is -3.71. The number of halogens is 2. The molecule has 0 saturated carbocycles. The van der Waals surface area contributed by atoms with Crippen LogP contribution in [0.2, 0.25) is 5.02 Å². The van der Waals surface area contributed by atoms with Gasteiger partial charge in [-0.05, 0) is 47.5 Å². The number of carbonyl (C=O) groups excluding carboxylic acids is 1. The Morgan fingerprint density at radius 3 is 2.39 bits per heavy atom. The van der Waals surface area contributed by atoms with Crippen LogP contribution < -0.4 is 10.6 Å². The highest BCUT2D eigenvalue weighted by Gasteiger charge is 2.23. The van der Waals surface area contributed by atoms with Gasteiger partial charge in [0, 0.05) is 17.1 Å². The van der Waals surface area contributed by atoms with Crippen molar-refractivity contribution >= 4 is 17.6 Å². The molecule has 0 fully saturated rings. The maximum Gasteiger partial charge on any atom is 0.315 e. The molecule has 2 amide bonds. The SMILES string of the molecule is O=C(NCc1ccc(F)cc1)N[C@H](c1ccc(Cl)cc1)c1nnc(-c2ccccc2)o1. The first kappa shape index (κ1) is 20.6. The highest BCUT2D eigenvalue weighted by atomic mass is 35.5. The van der Waals surface area contributed by atoms with E-state index in [0.29, 0.717) is 10.9 Å². The van der Waals surface area contributed by atoms with E-state index in [1.165, 1.54) is 12.1 Å². The predicted molar refractivity (Wildman–Crippen MR) is 115 cm³/mol. The van der Waals surface area contributed by atoms with Crippen LogP contribution in [-0.2, 0) is 6.54 Å². The van der Waals surface area contributed by atoms with E-state index in [2.05, 4.69) is 20.8 Å². The molecule has 2 N–H and O–H groups in total. The summed E-state index contributed by atoms with van der Waals surface area (Å²) in [5.74, 6) is 0.253. The van der Waals surface area contributed by atoms with Crippen molar-refractivity contribution in [3.05, 3.63) is 107 Å². The molecule has 0 unspecified atom stereocenters. The summed E-state index contributed by atoms with van der Waals surface area (Å²) in [6.45, 7) is 0.235. The number of amides is 2. The van der Waals surface area contributed by atoms with E-state index in [1.807, 2.05) is 30.3 Å². The van der Waals surface area contributed by atoms with E-state index < -0.39 is 12.1 Å². The van der Waals surface area contributed by atoms with Crippen molar-refractivity contribution in [2.75, 3.05) is 0 Å². The normalized spacial score (nSPS) is 11.7. The van der Waals surface area contributed by atoms with Crippen LogP contribution in [0.4, 0.5) is 9.18 Å². The standard InChI is InChI=1S/C23H18ClFN4O2/c24-18-10-8-16(9-11-18)20(22-29-28-21(31-22)17-4-2-1-3-5-17)27-23(30)26-14-15-6-12-19(25)13-7-15/h1-13,20H,14H2,(H2,26,27,30)/t20-/m1/s1. The van der Waals surface area contributed by atoms with Gasteiger partial charge in [0.2, 0.25) is 11.8 Å². The molecular formula is C23H18ClFN4O2. The zero-order chi connectivity index (χ0) is 21.6. The number of urea groups is 1. The second-order valence-corrected chi connectivity index (χ2v) is 7.19. The minimum Gasteiger partial charge on any atom is -0.418 e. The maximum absolute atomic E-state index is 13.1. The minimum absolute atomic E-state index is 0.234. The zero-order valence-electron chi connectivity index (χ0n) is 16.3. The van der Waals surface area contributed by atoms with E-state index in [4.69, 9.17) is 16.0 Å². The Labute approximate surface area is 183 Å². The highest BCUT2D eigenvalue weighted by Crippen LogP contribution is 2.26. The number of nitrogens with zero attached hydrogens (tertiary/aromatic N) is 2. The van der Waals surface area contributed by atoms with Gasteiger partial charge in [-0.15, -0.1) is 10.2 Å². The van der Waals surface area contributed by atoms with E-state index in [0.717, 1.165) is 16.7 Å². The number of nitrogens with one attached hydrogen (secondary N) is 2. The number of aromatic nitrogens is 2. The van der Waals surface area contributed by atoms with Gasteiger partial charge in [0.05, 0.1) is 0 Å². The number of hydrogen-bond donors (Lipinski definition) is 2. The average molecular weight is 437 g/mol. The molecule has 1 atom stereocenters. The first-order chi connectivity index (χ1) is 15.1. The summed E-state index contributed by atoms with van der Waals surface area (Å²) in [5, 5.41) is 14.4. The van der Waals surface area contributed by atoms with Crippen LogP contribution in [0.25, 0.3) is 11.5 Å². The smallest absolute Gasteiger partial charge is 0.315 e. The number of benzene rings is 3. The number of carbonyl (C=O) groups is 1. The predicted octanol–water partition coefficient (Wildman–Crippen LogP) is 5.12. The molecule has 0 aliphatic carbocycles. The molecule has 0 saturated heterocycles. The Morgan fingerprint density at radius 1 is 0.968 bits per heavy atom. The first-order valence-corrected chi connectivity index (χ1v) is 9.89. The molecule has 156 valence electrons. The van der Waals surface area contributed by atoms with Crippen LogP contribution in [0.1, 0.15) is 23.1 Å². The van der Waals surface area contributed by atoms with Crippen LogP contribution in [-0.4, -0.2) is 16.2 Å². The lowest BCUT2D eigenvalue weighted by atomic mass is 10.1. The first-order valence-electron chi connectivity index (χ1n) is 9.51. The third-order valence-electron chi connectivity index (χ3n) is 4.55. The number of hydrogen-bond acceptors (Lipinski definition) is 4. The van der Waals surface area contributed by atoms with Crippen molar-refractivity contribution in [1.82, 2.24) is 20.8 Å². The van der Waals surface area contributed by atoms with Crippen molar-refractivity contribution in [2.24, 2.45) is 0 Å². The molecule has 4 aromatic rings. The van der Waals surface area contributed by atoms with E-state index in [-0.39, 0.29) is 18.3 Å². The summed E-state index contributed by atoms with van der Waals surface area (Å²) in [7, 11) is 0. The van der Waals surface area contributed by atoms with E-state index >= 15 is 0 Å². The summed E-state index contributed by atoms with van der Waals surface area (Å²) in [6, 6.07) is 21.1. The molecule has 1 aromatic heterocycles. The Morgan fingerprint density at radius 2 is 1.68 bits per heavy atom. The second-order valence-electron chi connectivity index (χ2n) is 6.75. The van der Waals surface area contributed by atoms with Crippen molar-refractivity contribution < 1.29 is 13.6 Å². The van der Waals surface area contributed by atoms with Crippen molar-refractivity contribution in [1.29, 1.82) is 0 Å². The van der Waals surface area contributed by atoms with E-state index in [1.54, 1.807) is 36.4 Å². The molecular weight excluding hydrogens is 419 g/mol. The van der Waals surface area contributed by atoms with Crippen LogP contribution >= 0.6 is 11.6 Å². The van der Waals surface area contributed by atoms with Gasteiger partial charge in [-0.2, -0.15) is 0 Å². The zero-order valence-corrected chi connectivity index (χ0v) is 17.0. The number of rotatable bonds is 6. The lowest BCUT2D eigenvalue weighted by Gasteiger charge is -2.16. The summed E-state index contributed by atoms with van der Waals surface area (Å²) in [5.41, 5.74) is 2.27. The van der Waals surface area contributed by atoms with Crippen molar-refractivity contribution in [3.8, 4) is 11.5 Å². The van der Waals surface area contributed by atoms with Gasteiger partial charge in [-0.25, -0.2) is 9.18 Å². The summed E-state index contributed by atoms with van der Waals surface area (Å²) >= 11 is 6.00.